The van der Waals surface area contributed by atoms with Gasteiger partial charge in [0.25, 0.3) is 0 Å². The lowest BCUT2D eigenvalue weighted by molar-refractivity contribution is 0.103. The first-order valence-electron chi connectivity index (χ1n) is 6.06. The highest BCUT2D eigenvalue weighted by atomic mass is 31.0. The fourth-order valence-electron chi connectivity index (χ4n) is 2.32. The molecule has 0 unspecified atom stereocenters. The molecule has 96 valence electrons. The molecule has 0 radical (unpaired) electrons. The Morgan fingerprint density at radius 2 is 1.58 bits per heavy atom. The number of ketones is 1. The van der Waals surface area contributed by atoms with Crippen molar-refractivity contribution in [1.29, 1.82) is 0 Å². The van der Waals surface area contributed by atoms with E-state index in [0.717, 1.165) is 22.3 Å². The summed E-state index contributed by atoms with van der Waals surface area (Å²) in [6.45, 7) is 6.18. The second kappa shape index (κ2) is 5.07. The molecule has 0 bridgehead atoms. The predicted molar refractivity (Wildman–Crippen MR) is 78.5 cm³/mol. The fourth-order valence-corrected chi connectivity index (χ4v) is 2.32. The molecule has 0 fully saturated rings. The highest BCUT2D eigenvalue weighted by Crippen LogP contribution is 2.38. The Hall–Kier alpha value is -1.79. The summed E-state index contributed by atoms with van der Waals surface area (Å²) in [5.74, 6) is 0.161. The number of carbonyl (C=O) groups is 1. The molecule has 2 aliphatic rings. The molecule has 0 saturated carbocycles. The van der Waals surface area contributed by atoms with Crippen molar-refractivity contribution in [3.63, 3.8) is 0 Å². The Labute approximate surface area is 115 Å². The van der Waals surface area contributed by atoms with Crippen LogP contribution >= 0.6 is 9.12 Å². The third-order valence-electron chi connectivity index (χ3n) is 3.88. The number of hydrogen-bond donors (Lipinski definition) is 0. The van der Waals surface area contributed by atoms with Crippen molar-refractivity contribution in [1.82, 2.24) is 0 Å². The molecule has 3 rings (SSSR count). The maximum atomic E-state index is 12.4. The quantitative estimate of drug-likeness (QED) is 0.514. The van der Waals surface area contributed by atoms with Crippen LogP contribution in [0.2, 0.25) is 0 Å². The molecular weight excluding hydrogens is 255 g/mol. The van der Waals surface area contributed by atoms with Gasteiger partial charge in [0.15, 0.2) is 5.78 Å². The standard InChI is InChI=1S/C16H14O.HOP/c1-9-4-6-13(11(3)10(9)2)16(17)15-8-12-5-7-14(12)15;1-2/h4-8H,1-3H3;2H. The van der Waals surface area contributed by atoms with E-state index in [4.69, 9.17) is 4.57 Å². The van der Waals surface area contributed by atoms with Crippen molar-refractivity contribution >= 4 is 14.9 Å². The molecule has 3 heteroatoms. The van der Waals surface area contributed by atoms with Crippen molar-refractivity contribution in [3.05, 3.63) is 58.1 Å². The molecule has 0 atom stereocenters. The summed E-state index contributed by atoms with van der Waals surface area (Å²) in [5, 5.41) is 0. The van der Waals surface area contributed by atoms with Gasteiger partial charge in [0.1, 0.15) is 9.12 Å². The molecule has 19 heavy (non-hydrogen) atoms. The van der Waals surface area contributed by atoms with Crippen molar-refractivity contribution in [3.8, 4) is 11.1 Å². The van der Waals surface area contributed by atoms with Gasteiger partial charge >= 0.3 is 0 Å². The Morgan fingerprint density at radius 1 is 0.895 bits per heavy atom. The van der Waals surface area contributed by atoms with Crippen molar-refractivity contribution < 1.29 is 9.36 Å². The van der Waals surface area contributed by atoms with E-state index in [1.54, 1.807) is 9.12 Å². The van der Waals surface area contributed by atoms with E-state index in [0.29, 0.717) is 0 Å². The van der Waals surface area contributed by atoms with Gasteiger partial charge in [0.05, 0.1) is 0 Å². The van der Waals surface area contributed by atoms with Crippen LogP contribution in [0.5, 0.6) is 0 Å². The Morgan fingerprint density at radius 3 is 2.05 bits per heavy atom. The molecular formula is C16H15O2P. The molecule has 0 spiro atoms. The van der Waals surface area contributed by atoms with E-state index < -0.39 is 0 Å². The normalized spacial score (nSPS) is 10.5. The van der Waals surface area contributed by atoms with Crippen LogP contribution < -0.4 is 0 Å². The molecule has 0 aliphatic heterocycles. The van der Waals surface area contributed by atoms with Gasteiger partial charge in [-0.25, -0.2) is 0 Å². The minimum absolute atomic E-state index is 0.161. The average Bonchev–Trinajstić information content (AvgIpc) is 2.41. The molecule has 0 amide bonds. The lowest BCUT2D eigenvalue weighted by Gasteiger charge is -2.21. The Bertz CT molecular complexity index is 675. The van der Waals surface area contributed by atoms with Crippen molar-refractivity contribution in [2.24, 2.45) is 0 Å². The third kappa shape index (κ3) is 2.02. The maximum absolute atomic E-state index is 12.4. The van der Waals surface area contributed by atoms with Gasteiger partial charge in [0, 0.05) is 11.1 Å². The number of hydrogen-bond acceptors (Lipinski definition) is 2. The first-order valence-corrected chi connectivity index (χ1v) is 6.47. The van der Waals surface area contributed by atoms with Crippen molar-refractivity contribution in [2.75, 3.05) is 0 Å². The van der Waals surface area contributed by atoms with Crippen LogP contribution in [0.1, 0.15) is 32.6 Å². The van der Waals surface area contributed by atoms with Crippen LogP contribution in [0.25, 0.3) is 11.1 Å². The van der Waals surface area contributed by atoms with Crippen LogP contribution in [0, 0.1) is 20.8 Å². The van der Waals surface area contributed by atoms with Crippen molar-refractivity contribution in [2.45, 2.75) is 20.8 Å². The zero-order valence-corrected chi connectivity index (χ0v) is 12.2. The van der Waals surface area contributed by atoms with E-state index in [2.05, 4.69) is 13.8 Å². The van der Waals surface area contributed by atoms with Gasteiger partial charge in [-0.2, -0.15) is 0 Å². The number of benzene rings is 2. The van der Waals surface area contributed by atoms with Gasteiger partial charge < -0.3 is 0 Å². The number of rotatable bonds is 2. The monoisotopic (exact) mass is 270 g/mol. The van der Waals surface area contributed by atoms with Gasteiger partial charge in [-0.15, -0.1) is 0 Å². The molecule has 1 aromatic rings. The van der Waals surface area contributed by atoms with Crippen LogP contribution in [-0.4, -0.2) is 5.78 Å². The topological polar surface area (TPSA) is 34.1 Å². The van der Waals surface area contributed by atoms with Crippen LogP contribution in [0.15, 0.2) is 30.3 Å². The van der Waals surface area contributed by atoms with Gasteiger partial charge in [-0.3, -0.25) is 9.36 Å². The lowest BCUT2D eigenvalue weighted by atomic mass is 9.81. The minimum Gasteiger partial charge on any atom is -0.289 e. The SMILES string of the molecule is Cc1ccc(C(=O)c2cc3ccc2-3)c(C)c1C.O=P. The zero-order chi connectivity index (χ0) is 14.2. The van der Waals surface area contributed by atoms with E-state index in [9.17, 15) is 4.79 Å². The fraction of sp³-hybridized carbons (Fsp3) is 0.188. The van der Waals surface area contributed by atoms with Gasteiger partial charge in [-0.05, 0) is 54.7 Å². The molecule has 0 saturated heterocycles. The summed E-state index contributed by atoms with van der Waals surface area (Å²) in [6, 6.07) is 10.0. The van der Waals surface area contributed by atoms with Crippen LogP contribution in [0.3, 0.4) is 0 Å². The summed E-state index contributed by atoms with van der Waals surface area (Å²) in [5.41, 5.74) is 7.62. The Kier molecular flexibility index (Phi) is 3.64. The minimum atomic E-state index is 0.161. The van der Waals surface area contributed by atoms with E-state index in [-0.39, 0.29) is 5.78 Å². The van der Waals surface area contributed by atoms with Gasteiger partial charge in [0.2, 0.25) is 0 Å². The second-order valence-corrected chi connectivity index (χ2v) is 4.77. The third-order valence-corrected chi connectivity index (χ3v) is 3.88. The first kappa shape index (κ1) is 13.6. The predicted octanol–water partition coefficient (Wildman–Crippen LogP) is 4.30. The highest BCUT2D eigenvalue weighted by Gasteiger charge is 2.24. The lowest BCUT2D eigenvalue weighted by Crippen LogP contribution is -2.11. The number of carbonyl (C=O) groups excluding carboxylic acids is 1. The van der Waals surface area contributed by atoms with Crippen LogP contribution in [-0.2, 0) is 4.57 Å². The van der Waals surface area contributed by atoms with Crippen LogP contribution in [0.4, 0.5) is 0 Å². The summed E-state index contributed by atoms with van der Waals surface area (Å²) >= 11 is 0. The maximum Gasteiger partial charge on any atom is 0.193 e. The molecule has 0 N–H and O–H groups in total. The summed E-state index contributed by atoms with van der Waals surface area (Å²) in [7, 11) is 1.72. The molecule has 1 aromatic carbocycles. The number of aryl methyl sites for hydroxylation is 1. The smallest absolute Gasteiger partial charge is 0.193 e. The van der Waals surface area contributed by atoms with E-state index in [1.807, 2.05) is 37.3 Å². The molecule has 2 nitrogen and oxygen atoms in total. The molecule has 2 aliphatic carbocycles. The summed E-state index contributed by atoms with van der Waals surface area (Å²) in [6.07, 6.45) is 0. The zero-order valence-electron chi connectivity index (χ0n) is 11.2. The first-order chi connectivity index (χ1) is 9.09. The molecule has 0 aromatic heterocycles. The summed E-state index contributed by atoms with van der Waals surface area (Å²) < 4.78 is 8.06. The van der Waals surface area contributed by atoms with E-state index >= 15 is 0 Å². The van der Waals surface area contributed by atoms with E-state index in [1.165, 1.54) is 16.7 Å². The van der Waals surface area contributed by atoms with Gasteiger partial charge in [-0.1, -0.05) is 24.3 Å². The second-order valence-electron chi connectivity index (χ2n) is 4.77. The Balaban J connectivity index is 0.000000637. The summed E-state index contributed by atoms with van der Waals surface area (Å²) in [4.78, 5) is 12.4. The number of fused-ring (bicyclic) bond motifs is 1. The molecule has 0 heterocycles. The average molecular weight is 270 g/mol. The largest absolute Gasteiger partial charge is 0.289 e. The highest BCUT2D eigenvalue weighted by molar-refractivity contribution is 7.00.